The second-order valence-corrected chi connectivity index (χ2v) is 9.66. The lowest BCUT2D eigenvalue weighted by atomic mass is 10.1. The molecule has 0 saturated carbocycles. The minimum atomic E-state index is -3.61. The molecule has 0 aliphatic carbocycles. The van der Waals surface area contributed by atoms with Gasteiger partial charge in [0.15, 0.2) is 0 Å². The summed E-state index contributed by atoms with van der Waals surface area (Å²) in [6.45, 7) is 1.26. The number of hydrogen-bond acceptors (Lipinski definition) is 4. The molecule has 7 nitrogen and oxygen atoms in total. The van der Waals surface area contributed by atoms with Crippen LogP contribution in [0.1, 0.15) is 10.4 Å². The first-order chi connectivity index (χ1) is 15.5. The average Bonchev–Trinajstić information content (AvgIpc) is 3.38. The molecule has 0 atom stereocenters. The quantitative estimate of drug-likeness (QED) is 0.483. The van der Waals surface area contributed by atoms with Gasteiger partial charge in [-0.05, 0) is 47.2 Å². The summed E-state index contributed by atoms with van der Waals surface area (Å²) in [4.78, 5) is 18.9. The molecule has 3 aromatic carbocycles. The van der Waals surface area contributed by atoms with Crippen LogP contribution in [0.15, 0.2) is 90.3 Å². The van der Waals surface area contributed by atoms with Gasteiger partial charge in [0.05, 0.1) is 11.2 Å². The van der Waals surface area contributed by atoms with Crippen LogP contribution in [0.4, 0.5) is 0 Å². The summed E-state index contributed by atoms with van der Waals surface area (Å²) in [5.41, 5.74) is 1.50. The predicted molar refractivity (Wildman–Crippen MR) is 122 cm³/mol. The molecule has 1 aliphatic rings. The van der Waals surface area contributed by atoms with Crippen LogP contribution < -0.4 is 0 Å². The van der Waals surface area contributed by atoms with Crippen LogP contribution in [0.25, 0.3) is 16.5 Å². The summed E-state index contributed by atoms with van der Waals surface area (Å²) in [7, 11) is -3.61. The van der Waals surface area contributed by atoms with Crippen molar-refractivity contribution in [2.24, 2.45) is 0 Å². The largest absolute Gasteiger partial charge is 0.336 e. The minimum Gasteiger partial charge on any atom is -0.336 e. The first-order valence-corrected chi connectivity index (χ1v) is 11.8. The summed E-state index contributed by atoms with van der Waals surface area (Å²) in [5.74, 6) is -0.0927. The Hall–Kier alpha value is -3.49. The molecule has 5 rings (SSSR count). The molecule has 0 radical (unpaired) electrons. The maximum atomic E-state index is 13.1. The van der Waals surface area contributed by atoms with Gasteiger partial charge in [0.25, 0.3) is 5.91 Å². The molecule has 1 aromatic heterocycles. The van der Waals surface area contributed by atoms with Crippen LogP contribution in [0.3, 0.4) is 0 Å². The molecule has 1 saturated heterocycles. The van der Waals surface area contributed by atoms with E-state index in [1.54, 1.807) is 41.7 Å². The van der Waals surface area contributed by atoms with E-state index in [2.05, 4.69) is 4.98 Å². The Bertz CT molecular complexity index is 1360. The lowest BCUT2D eigenvalue weighted by Gasteiger charge is -2.34. The second kappa shape index (κ2) is 8.22. The first kappa shape index (κ1) is 20.4. The highest BCUT2D eigenvalue weighted by molar-refractivity contribution is 7.89. The molecule has 0 unspecified atom stereocenters. The van der Waals surface area contributed by atoms with Crippen molar-refractivity contribution < 1.29 is 13.2 Å². The molecule has 162 valence electrons. The standard InChI is InChI=1S/C24H22N4O3S/c29-24(20-5-8-22(9-6-20)27-12-11-25-18-27)26-13-15-28(16-14-26)32(30,31)23-10-7-19-3-1-2-4-21(19)17-23/h1-12,17-18H,13-16H2. The smallest absolute Gasteiger partial charge is 0.253 e. The number of hydrogen-bond donors (Lipinski definition) is 0. The molecule has 0 bridgehead atoms. The number of aromatic nitrogens is 2. The fraction of sp³-hybridized carbons (Fsp3) is 0.167. The maximum absolute atomic E-state index is 13.1. The van der Waals surface area contributed by atoms with Gasteiger partial charge in [0.2, 0.25) is 10.0 Å². The number of carbonyl (C=O) groups excluding carboxylic acids is 1. The van der Waals surface area contributed by atoms with E-state index in [4.69, 9.17) is 0 Å². The lowest BCUT2D eigenvalue weighted by molar-refractivity contribution is 0.0698. The van der Waals surface area contributed by atoms with Gasteiger partial charge in [0, 0.05) is 49.8 Å². The van der Waals surface area contributed by atoms with Crippen molar-refractivity contribution in [1.82, 2.24) is 18.8 Å². The van der Waals surface area contributed by atoms with Crippen molar-refractivity contribution >= 4 is 26.7 Å². The van der Waals surface area contributed by atoms with Gasteiger partial charge in [0.1, 0.15) is 0 Å². The van der Waals surface area contributed by atoms with Gasteiger partial charge in [-0.2, -0.15) is 4.31 Å². The van der Waals surface area contributed by atoms with E-state index in [-0.39, 0.29) is 23.9 Å². The number of sulfonamides is 1. The molecule has 2 heterocycles. The third kappa shape index (κ3) is 3.79. The van der Waals surface area contributed by atoms with Gasteiger partial charge in [-0.3, -0.25) is 4.79 Å². The van der Waals surface area contributed by atoms with Gasteiger partial charge in [-0.25, -0.2) is 13.4 Å². The zero-order valence-electron chi connectivity index (χ0n) is 17.3. The molecule has 1 fully saturated rings. The van der Waals surface area contributed by atoms with Gasteiger partial charge in [-0.1, -0.05) is 30.3 Å². The number of carbonyl (C=O) groups is 1. The van der Waals surface area contributed by atoms with E-state index in [1.807, 2.05) is 53.2 Å². The van der Waals surface area contributed by atoms with Gasteiger partial charge in [-0.15, -0.1) is 0 Å². The van der Waals surface area contributed by atoms with Gasteiger partial charge < -0.3 is 9.47 Å². The molecule has 1 aliphatic heterocycles. The normalized spacial score (nSPS) is 15.2. The fourth-order valence-corrected chi connectivity index (χ4v) is 5.44. The molecular weight excluding hydrogens is 424 g/mol. The number of nitrogens with zero attached hydrogens (tertiary/aromatic N) is 4. The summed E-state index contributed by atoms with van der Waals surface area (Å²) < 4.78 is 29.6. The summed E-state index contributed by atoms with van der Waals surface area (Å²) >= 11 is 0. The monoisotopic (exact) mass is 446 g/mol. The zero-order chi connectivity index (χ0) is 22.1. The minimum absolute atomic E-state index is 0.0927. The third-order valence-electron chi connectivity index (χ3n) is 5.80. The van der Waals surface area contributed by atoms with E-state index in [0.29, 0.717) is 18.7 Å². The zero-order valence-corrected chi connectivity index (χ0v) is 18.1. The van der Waals surface area contributed by atoms with Gasteiger partial charge >= 0.3 is 0 Å². The van der Waals surface area contributed by atoms with E-state index < -0.39 is 10.0 Å². The van der Waals surface area contributed by atoms with E-state index in [9.17, 15) is 13.2 Å². The summed E-state index contributed by atoms with van der Waals surface area (Å²) in [6.07, 6.45) is 5.24. The summed E-state index contributed by atoms with van der Waals surface area (Å²) in [6, 6.07) is 20.2. The van der Waals surface area contributed by atoms with Crippen LogP contribution in [0, 0.1) is 0 Å². The third-order valence-corrected chi connectivity index (χ3v) is 7.70. The second-order valence-electron chi connectivity index (χ2n) is 7.72. The fourth-order valence-electron chi connectivity index (χ4n) is 3.98. The number of piperazine rings is 1. The molecule has 0 N–H and O–H groups in total. The highest BCUT2D eigenvalue weighted by atomic mass is 32.2. The predicted octanol–water partition coefficient (Wildman–Crippen LogP) is 3.17. The number of rotatable bonds is 4. The van der Waals surface area contributed by atoms with Crippen LogP contribution in [-0.2, 0) is 10.0 Å². The molecule has 32 heavy (non-hydrogen) atoms. The SMILES string of the molecule is O=C(c1ccc(-n2ccnc2)cc1)N1CCN(S(=O)(=O)c2ccc3ccccc3c2)CC1. The van der Waals surface area contributed by atoms with Crippen molar-refractivity contribution in [2.45, 2.75) is 4.90 Å². The molecular formula is C24H22N4O3S. The Labute approximate surface area is 186 Å². The Morgan fingerprint density at radius 3 is 2.25 bits per heavy atom. The number of benzene rings is 3. The van der Waals surface area contributed by atoms with Crippen molar-refractivity contribution in [3.8, 4) is 5.69 Å². The van der Waals surface area contributed by atoms with E-state index in [1.165, 1.54) is 4.31 Å². The van der Waals surface area contributed by atoms with Crippen LogP contribution in [0.2, 0.25) is 0 Å². The number of imidazole rings is 1. The number of fused-ring (bicyclic) bond motifs is 1. The van der Waals surface area contributed by atoms with E-state index in [0.717, 1.165) is 16.5 Å². The number of amides is 1. The topological polar surface area (TPSA) is 75.5 Å². The summed E-state index contributed by atoms with van der Waals surface area (Å²) in [5, 5.41) is 1.89. The van der Waals surface area contributed by atoms with Crippen LogP contribution in [-0.4, -0.2) is 59.3 Å². The lowest BCUT2D eigenvalue weighted by Crippen LogP contribution is -2.50. The highest BCUT2D eigenvalue weighted by Gasteiger charge is 2.30. The van der Waals surface area contributed by atoms with Crippen LogP contribution >= 0.6 is 0 Å². The Morgan fingerprint density at radius 1 is 0.844 bits per heavy atom. The average molecular weight is 447 g/mol. The Morgan fingerprint density at radius 2 is 1.56 bits per heavy atom. The molecule has 1 amide bonds. The Balaban J connectivity index is 1.27. The van der Waals surface area contributed by atoms with E-state index >= 15 is 0 Å². The molecule has 0 spiro atoms. The van der Waals surface area contributed by atoms with Crippen molar-refractivity contribution in [3.05, 3.63) is 91.0 Å². The van der Waals surface area contributed by atoms with Crippen LogP contribution in [0.5, 0.6) is 0 Å². The van der Waals surface area contributed by atoms with Crippen molar-refractivity contribution in [1.29, 1.82) is 0 Å². The Kier molecular flexibility index (Phi) is 5.24. The first-order valence-electron chi connectivity index (χ1n) is 10.4. The van der Waals surface area contributed by atoms with Crippen molar-refractivity contribution in [2.75, 3.05) is 26.2 Å². The van der Waals surface area contributed by atoms with Crippen molar-refractivity contribution in [3.63, 3.8) is 0 Å². The maximum Gasteiger partial charge on any atom is 0.253 e. The molecule has 4 aromatic rings. The highest BCUT2D eigenvalue weighted by Crippen LogP contribution is 2.23. The molecule has 8 heteroatoms.